The van der Waals surface area contributed by atoms with Crippen LogP contribution in [0.2, 0.25) is 0 Å². The lowest BCUT2D eigenvalue weighted by molar-refractivity contribution is -0.116. The zero-order valence-electron chi connectivity index (χ0n) is 14.7. The van der Waals surface area contributed by atoms with Gasteiger partial charge in [-0.3, -0.25) is 4.79 Å². The van der Waals surface area contributed by atoms with E-state index in [1.807, 2.05) is 63.2 Å². The van der Waals surface area contributed by atoms with Crippen molar-refractivity contribution < 1.29 is 13.9 Å². The van der Waals surface area contributed by atoms with Crippen LogP contribution in [0.15, 0.2) is 46.9 Å². The topological polar surface area (TPSA) is 64.4 Å². The molecule has 0 spiro atoms. The van der Waals surface area contributed by atoms with E-state index < -0.39 is 0 Å². The molecule has 3 rings (SSSR count). The highest BCUT2D eigenvalue weighted by atomic mass is 16.5. The van der Waals surface area contributed by atoms with Gasteiger partial charge in [-0.25, -0.2) is 4.98 Å². The maximum absolute atomic E-state index is 12.1. The molecule has 0 aliphatic carbocycles. The van der Waals surface area contributed by atoms with E-state index >= 15 is 0 Å². The van der Waals surface area contributed by atoms with Gasteiger partial charge in [-0.2, -0.15) is 0 Å². The van der Waals surface area contributed by atoms with E-state index in [2.05, 4.69) is 10.3 Å². The first-order valence-electron chi connectivity index (χ1n) is 8.42. The number of carbonyl (C=O) groups is 1. The summed E-state index contributed by atoms with van der Waals surface area (Å²) in [6.45, 7) is 5.78. The van der Waals surface area contributed by atoms with Crippen LogP contribution < -0.4 is 10.1 Å². The number of benzene rings is 2. The van der Waals surface area contributed by atoms with Crippen LogP contribution in [0.3, 0.4) is 0 Å². The maximum Gasteiger partial charge on any atom is 0.224 e. The number of ether oxygens (including phenoxy) is 1. The van der Waals surface area contributed by atoms with Gasteiger partial charge >= 0.3 is 0 Å². The molecule has 5 heteroatoms. The molecule has 0 aliphatic rings. The quantitative estimate of drug-likeness (QED) is 0.719. The number of carbonyl (C=O) groups excluding carboxylic acids is 1. The number of aromatic nitrogens is 1. The van der Waals surface area contributed by atoms with Gasteiger partial charge < -0.3 is 14.5 Å². The van der Waals surface area contributed by atoms with Gasteiger partial charge in [0.1, 0.15) is 11.3 Å². The second-order valence-electron chi connectivity index (χ2n) is 6.27. The highest BCUT2D eigenvalue weighted by molar-refractivity contribution is 5.91. The number of oxazole rings is 1. The number of rotatable bonds is 6. The summed E-state index contributed by atoms with van der Waals surface area (Å²) in [7, 11) is 0. The van der Waals surface area contributed by atoms with Crippen LogP contribution >= 0.6 is 0 Å². The first-order chi connectivity index (χ1) is 12.0. The first kappa shape index (κ1) is 17.0. The number of amides is 1. The molecule has 1 amide bonds. The number of aryl methyl sites for hydroxylation is 2. The van der Waals surface area contributed by atoms with Crippen molar-refractivity contribution in [2.75, 3.05) is 5.32 Å². The molecule has 0 radical (unpaired) electrons. The van der Waals surface area contributed by atoms with E-state index in [0.717, 1.165) is 28.1 Å². The number of nitrogens with zero attached hydrogens (tertiary/aromatic N) is 1. The third-order valence-electron chi connectivity index (χ3n) is 3.71. The van der Waals surface area contributed by atoms with Gasteiger partial charge in [-0.05, 0) is 62.2 Å². The number of fused-ring (bicyclic) bond motifs is 1. The van der Waals surface area contributed by atoms with Crippen molar-refractivity contribution in [1.29, 1.82) is 0 Å². The van der Waals surface area contributed by atoms with Crippen LogP contribution in [0.25, 0.3) is 11.1 Å². The van der Waals surface area contributed by atoms with Gasteiger partial charge in [-0.15, -0.1) is 0 Å². The number of hydrogen-bond acceptors (Lipinski definition) is 4. The van der Waals surface area contributed by atoms with Gasteiger partial charge in [0.05, 0.1) is 6.10 Å². The average Bonchev–Trinajstić information content (AvgIpc) is 2.93. The van der Waals surface area contributed by atoms with E-state index in [4.69, 9.17) is 9.15 Å². The maximum atomic E-state index is 12.1. The molecular formula is C20H22N2O3. The van der Waals surface area contributed by atoms with Gasteiger partial charge in [0.25, 0.3) is 0 Å². The van der Waals surface area contributed by atoms with Crippen LogP contribution in [-0.2, 0) is 11.2 Å². The fraction of sp³-hybridized carbons (Fsp3) is 0.300. The van der Waals surface area contributed by atoms with Crippen LogP contribution in [0.4, 0.5) is 5.69 Å². The number of nitrogens with one attached hydrogen (secondary N) is 1. The second kappa shape index (κ2) is 7.38. The minimum absolute atomic E-state index is 0.0195. The fourth-order valence-corrected chi connectivity index (χ4v) is 2.61. The average molecular weight is 338 g/mol. The lowest BCUT2D eigenvalue weighted by Crippen LogP contribution is -2.12. The molecule has 0 unspecified atom stereocenters. The number of hydrogen-bond donors (Lipinski definition) is 1. The van der Waals surface area contributed by atoms with E-state index in [9.17, 15) is 4.79 Å². The molecule has 0 aliphatic heterocycles. The zero-order chi connectivity index (χ0) is 17.8. The highest BCUT2D eigenvalue weighted by Crippen LogP contribution is 2.19. The molecule has 5 nitrogen and oxygen atoms in total. The summed E-state index contributed by atoms with van der Waals surface area (Å²) in [5, 5.41) is 2.91. The Morgan fingerprint density at radius 1 is 1.20 bits per heavy atom. The predicted molar refractivity (Wildman–Crippen MR) is 97.9 cm³/mol. The SMILES string of the molecule is Cc1nc2cc(CCC(=O)Nc3ccc(OC(C)C)cc3)ccc2o1. The molecule has 0 bridgehead atoms. The molecule has 0 saturated heterocycles. The Bertz CT molecular complexity index is 866. The zero-order valence-corrected chi connectivity index (χ0v) is 14.7. The van der Waals surface area contributed by atoms with E-state index in [1.54, 1.807) is 0 Å². The summed E-state index contributed by atoms with van der Waals surface area (Å²) in [5.74, 6) is 1.42. The molecule has 3 aromatic rings. The first-order valence-corrected chi connectivity index (χ1v) is 8.42. The molecule has 1 N–H and O–H groups in total. The van der Waals surface area contributed by atoms with Gasteiger partial charge in [0.2, 0.25) is 5.91 Å². The Labute approximate surface area is 147 Å². The Morgan fingerprint density at radius 3 is 2.68 bits per heavy atom. The molecule has 1 heterocycles. The van der Waals surface area contributed by atoms with Gasteiger partial charge in [0.15, 0.2) is 11.5 Å². The second-order valence-corrected chi connectivity index (χ2v) is 6.27. The van der Waals surface area contributed by atoms with Crippen LogP contribution in [0.5, 0.6) is 5.75 Å². The van der Waals surface area contributed by atoms with Gasteiger partial charge in [-0.1, -0.05) is 6.07 Å². The normalized spacial score (nSPS) is 11.0. The Balaban J connectivity index is 1.54. The lowest BCUT2D eigenvalue weighted by atomic mass is 10.1. The summed E-state index contributed by atoms with van der Waals surface area (Å²) in [4.78, 5) is 16.5. The molecule has 1 aromatic heterocycles. The Hall–Kier alpha value is -2.82. The molecule has 25 heavy (non-hydrogen) atoms. The molecule has 0 atom stereocenters. The molecule has 0 fully saturated rings. The van der Waals surface area contributed by atoms with Crippen molar-refractivity contribution in [2.24, 2.45) is 0 Å². The van der Waals surface area contributed by atoms with Crippen molar-refractivity contribution in [1.82, 2.24) is 4.98 Å². The Morgan fingerprint density at radius 2 is 1.96 bits per heavy atom. The van der Waals surface area contributed by atoms with E-state index in [1.165, 1.54) is 0 Å². The van der Waals surface area contributed by atoms with Crippen molar-refractivity contribution in [2.45, 2.75) is 39.7 Å². The Kier molecular flexibility index (Phi) is 5.03. The van der Waals surface area contributed by atoms with E-state index in [0.29, 0.717) is 18.7 Å². The number of anilines is 1. The third-order valence-corrected chi connectivity index (χ3v) is 3.71. The molecule has 2 aromatic carbocycles. The highest BCUT2D eigenvalue weighted by Gasteiger charge is 2.07. The predicted octanol–water partition coefficient (Wildman–Crippen LogP) is 4.49. The summed E-state index contributed by atoms with van der Waals surface area (Å²) >= 11 is 0. The standard InChI is InChI=1S/C20H22N2O3/c1-13(2)24-17-8-6-16(7-9-17)22-20(23)11-5-15-4-10-19-18(12-15)21-14(3)25-19/h4,6-10,12-13H,5,11H2,1-3H3,(H,22,23). The smallest absolute Gasteiger partial charge is 0.224 e. The minimum Gasteiger partial charge on any atom is -0.491 e. The van der Waals surface area contributed by atoms with Gasteiger partial charge in [0, 0.05) is 19.0 Å². The van der Waals surface area contributed by atoms with Crippen molar-refractivity contribution in [3.63, 3.8) is 0 Å². The van der Waals surface area contributed by atoms with Crippen LogP contribution in [0.1, 0.15) is 31.7 Å². The van der Waals surface area contributed by atoms with Crippen molar-refractivity contribution in [3.05, 3.63) is 53.9 Å². The lowest BCUT2D eigenvalue weighted by Gasteiger charge is -2.10. The minimum atomic E-state index is -0.0195. The molecule has 130 valence electrons. The van der Waals surface area contributed by atoms with E-state index in [-0.39, 0.29) is 12.0 Å². The summed E-state index contributed by atoms with van der Waals surface area (Å²) in [6.07, 6.45) is 1.20. The largest absolute Gasteiger partial charge is 0.491 e. The van der Waals surface area contributed by atoms with Crippen molar-refractivity contribution in [3.8, 4) is 5.75 Å². The van der Waals surface area contributed by atoms with Crippen molar-refractivity contribution >= 4 is 22.7 Å². The van der Waals surface area contributed by atoms with Crippen LogP contribution in [-0.4, -0.2) is 17.0 Å². The third kappa shape index (κ3) is 4.59. The summed E-state index contributed by atoms with van der Waals surface area (Å²) in [6, 6.07) is 13.2. The molecular weight excluding hydrogens is 316 g/mol. The van der Waals surface area contributed by atoms with Crippen LogP contribution in [0, 0.1) is 6.92 Å². The summed E-state index contributed by atoms with van der Waals surface area (Å²) < 4.78 is 11.1. The summed E-state index contributed by atoms with van der Waals surface area (Å²) in [5.41, 5.74) is 3.44. The fourth-order valence-electron chi connectivity index (χ4n) is 2.61. The monoisotopic (exact) mass is 338 g/mol. The molecule has 0 saturated carbocycles.